The van der Waals surface area contributed by atoms with Crippen LogP contribution in [0.4, 0.5) is 11.4 Å². The first-order valence-electron chi connectivity index (χ1n) is 10.2. The number of benzene rings is 2. The van der Waals surface area contributed by atoms with Gasteiger partial charge in [-0.1, -0.05) is 12.1 Å². The van der Waals surface area contributed by atoms with Gasteiger partial charge >= 0.3 is 0 Å². The first-order chi connectivity index (χ1) is 14.2. The Kier molecular flexibility index (Phi) is 6.67. The zero-order valence-corrected chi connectivity index (χ0v) is 18.8. The van der Waals surface area contributed by atoms with E-state index in [0.717, 1.165) is 37.4 Å². The molecule has 0 atom stereocenters. The maximum Gasteiger partial charge on any atom is 0.262 e. The number of amides is 1. The highest BCUT2D eigenvalue weighted by atomic mass is 32.2. The fraction of sp³-hybridized carbons (Fsp3) is 0.409. The molecular weight excluding hydrogens is 400 g/mol. The molecule has 0 aliphatic carbocycles. The predicted molar refractivity (Wildman–Crippen MR) is 121 cm³/mol. The van der Waals surface area contributed by atoms with E-state index < -0.39 is 10.0 Å². The molecule has 0 saturated carbocycles. The summed E-state index contributed by atoms with van der Waals surface area (Å²) < 4.78 is 29.2. The summed E-state index contributed by atoms with van der Waals surface area (Å²) >= 11 is 0. The van der Waals surface area contributed by atoms with Gasteiger partial charge in [-0.15, -0.1) is 0 Å². The van der Waals surface area contributed by atoms with E-state index in [1.807, 2.05) is 32.9 Å². The lowest BCUT2D eigenvalue weighted by Gasteiger charge is -2.31. The third-order valence-electron chi connectivity index (χ3n) is 5.01. The summed E-state index contributed by atoms with van der Waals surface area (Å²) in [5.41, 5.74) is 3.14. The van der Waals surface area contributed by atoms with Crippen molar-refractivity contribution in [1.29, 1.82) is 0 Å². The Balaban J connectivity index is 2.02. The number of carbonyl (C=O) groups is 1. The molecule has 1 aliphatic heterocycles. The van der Waals surface area contributed by atoms with Crippen LogP contribution in [0.5, 0.6) is 0 Å². The van der Waals surface area contributed by atoms with E-state index in [0.29, 0.717) is 16.8 Å². The molecule has 0 spiro atoms. The largest absolute Gasteiger partial charge is 0.367 e. The van der Waals surface area contributed by atoms with E-state index in [9.17, 15) is 13.2 Å². The molecule has 1 aliphatic rings. The van der Waals surface area contributed by atoms with Gasteiger partial charge in [0.25, 0.3) is 15.9 Å². The summed E-state index contributed by atoms with van der Waals surface area (Å²) in [6, 6.07) is 10.5. The number of carbonyl (C=O) groups excluding carboxylic acids is 1. The lowest BCUT2D eigenvalue weighted by atomic mass is 10.1. The van der Waals surface area contributed by atoms with Gasteiger partial charge in [0.05, 0.1) is 16.3 Å². The molecule has 30 heavy (non-hydrogen) atoms. The molecule has 0 aromatic heterocycles. The van der Waals surface area contributed by atoms with E-state index in [-0.39, 0.29) is 16.8 Å². The molecule has 8 heteroatoms. The van der Waals surface area contributed by atoms with Crippen LogP contribution in [0, 0.1) is 13.8 Å². The van der Waals surface area contributed by atoms with E-state index in [1.54, 1.807) is 31.2 Å². The van der Waals surface area contributed by atoms with Crippen LogP contribution in [-0.4, -0.2) is 46.5 Å². The van der Waals surface area contributed by atoms with E-state index in [1.165, 1.54) is 0 Å². The van der Waals surface area contributed by atoms with Gasteiger partial charge in [0.15, 0.2) is 0 Å². The second kappa shape index (κ2) is 9.06. The summed E-state index contributed by atoms with van der Waals surface area (Å²) in [5.74, 6) is -0.232. The van der Waals surface area contributed by atoms with Crippen LogP contribution in [0.25, 0.3) is 0 Å². The normalized spacial score (nSPS) is 14.6. The average molecular weight is 431 g/mol. The maximum atomic E-state index is 13.2. The Labute approximate surface area is 178 Å². The summed E-state index contributed by atoms with van der Waals surface area (Å²) in [6.45, 7) is 10.6. The van der Waals surface area contributed by atoms with Crippen LogP contribution in [-0.2, 0) is 10.0 Å². The number of hydrogen-bond acceptors (Lipinski definition) is 5. The highest BCUT2D eigenvalue weighted by molar-refractivity contribution is 7.92. The Bertz CT molecular complexity index is 1030. The van der Waals surface area contributed by atoms with Crippen molar-refractivity contribution in [1.82, 2.24) is 10.6 Å². The molecule has 3 N–H and O–H groups in total. The Hall–Kier alpha value is -2.58. The second-order valence-corrected chi connectivity index (χ2v) is 9.62. The SMILES string of the molecule is Cc1ccc(C)c(S(=O)(=O)Nc2cc(C(=O)NC(C)C)ccc2N2CCNCC2)c1. The second-order valence-electron chi connectivity index (χ2n) is 7.97. The Morgan fingerprint density at radius 2 is 1.77 bits per heavy atom. The maximum absolute atomic E-state index is 13.2. The van der Waals surface area contributed by atoms with Crippen LogP contribution in [0.3, 0.4) is 0 Å². The third kappa shape index (κ3) is 5.12. The highest BCUT2D eigenvalue weighted by Gasteiger charge is 2.22. The van der Waals surface area contributed by atoms with Gasteiger partial charge in [-0.3, -0.25) is 9.52 Å². The van der Waals surface area contributed by atoms with Gasteiger partial charge in [0.2, 0.25) is 0 Å². The smallest absolute Gasteiger partial charge is 0.262 e. The number of nitrogens with zero attached hydrogens (tertiary/aromatic N) is 1. The molecule has 162 valence electrons. The molecule has 2 aromatic carbocycles. The Morgan fingerprint density at radius 3 is 2.43 bits per heavy atom. The van der Waals surface area contributed by atoms with Crippen molar-refractivity contribution in [2.45, 2.75) is 38.6 Å². The zero-order chi connectivity index (χ0) is 21.9. The van der Waals surface area contributed by atoms with Crippen molar-refractivity contribution < 1.29 is 13.2 Å². The molecule has 0 unspecified atom stereocenters. The number of rotatable bonds is 6. The Morgan fingerprint density at radius 1 is 1.07 bits per heavy atom. The van der Waals surface area contributed by atoms with E-state index in [2.05, 4.69) is 20.3 Å². The van der Waals surface area contributed by atoms with Crippen molar-refractivity contribution in [2.75, 3.05) is 35.8 Å². The van der Waals surface area contributed by atoms with Gasteiger partial charge in [0, 0.05) is 37.8 Å². The van der Waals surface area contributed by atoms with Crippen molar-refractivity contribution in [3.8, 4) is 0 Å². The van der Waals surface area contributed by atoms with Crippen LogP contribution in [0.1, 0.15) is 35.3 Å². The minimum Gasteiger partial charge on any atom is -0.367 e. The van der Waals surface area contributed by atoms with Crippen LogP contribution in [0.15, 0.2) is 41.3 Å². The standard InChI is InChI=1S/C22H30N4O3S/c1-15(2)24-22(27)18-7-8-20(26-11-9-23-10-12-26)19(14-18)25-30(28,29)21-13-16(3)5-6-17(21)4/h5-8,13-15,23,25H,9-12H2,1-4H3,(H,24,27). The first kappa shape index (κ1) is 22.1. The van der Waals surface area contributed by atoms with Crippen molar-refractivity contribution in [3.63, 3.8) is 0 Å². The van der Waals surface area contributed by atoms with E-state index in [4.69, 9.17) is 0 Å². The quantitative estimate of drug-likeness (QED) is 0.656. The molecule has 3 rings (SSSR count). The van der Waals surface area contributed by atoms with E-state index >= 15 is 0 Å². The summed E-state index contributed by atoms with van der Waals surface area (Å²) in [7, 11) is -3.82. The minimum absolute atomic E-state index is 0.0135. The van der Waals surface area contributed by atoms with Crippen molar-refractivity contribution >= 4 is 27.3 Å². The van der Waals surface area contributed by atoms with Crippen molar-refractivity contribution in [3.05, 3.63) is 53.1 Å². The van der Waals surface area contributed by atoms with Gasteiger partial charge in [-0.25, -0.2) is 8.42 Å². The lowest BCUT2D eigenvalue weighted by Crippen LogP contribution is -2.43. The number of nitrogens with one attached hydrogen (secondary N) is 3. The molecule has 1 fully saturated rings. The number of aryl methyl sites for hydroxylation is 2. The molecule has 0 radical (unpaired) electrons. The van der Waals surface area contributed by atoms with Gasteiger partial charge in [-0.05, 0) is 63.1 Å². The molecule has 0 bridgehead atoms. The first-order valence-corrected chi connectivity index (χ1v) is 11.7. The fourth-order valence-electron chi connectivity index (χ4n) is 3.48. The molecular formula is C22H30N4O3S. The number of hydrogen-bond donors (Lipinski definition) is 3. The van der Waals surface area contributed by atoms with Crippen molar-refractivity contribution in [2.24, 2.45) is 0 Å². The van der Waals surface area contributed by atoms with Gasteiger partial charge in [-0.2, -0.15) is 0 Å². The van der Waals surface area contributed by atoms with Crippen LogP contribution < -0.4 is 20.3 Å². The molecule has 1 amide bonds. The zero-order valence-electron chi connectivity index (χ0n) is 18.0. The van der Waals surface area contributed by atoms with Gasteiger partial charge in [0.1, 0.15) is 0 Å². The van der Waals surface area contributed by atoms with Crippen LogP contribution in [0.2, 0.25) is 0 Å². The highest BCUT2D eigenvalue weighted by Crippen LogP contribution is 2.31. The summed E-state index contributed by atoms with van der Waals surface area (Å²) in [4.78, 5) is 14.9. The lowest BCUT2D eigenvalue weighted by molar-refractivity contribution is 0.0943. The third-order valence-corrected chi connectivity index (χ3v) is 6.52. The average Bonchev–Trinajstić information content (AvgIpc) is 2.69. The monoisotopic (exact) mass is 430 g/mol. The number of anilines is 2. The molecule has 7 nitrogen and oxygen atoms in total. The fourth-order valence-corrected chi connectivity index (χ4v) is 4.88. The minimum atomic E-state index is -3.82. The predicted octanol–water partition coefficient (Wildman–Crippen LogP) is 2.65. The molecule has 1 saturated heterocycles. The van der Waals surface area contributed by atoms with Gasteiger partial charge < -0.3 is 15.5 Å². The molecule has 2 aromatic rings. The van der Waals surface area contributed by atoms with Crippen LogP contribution >= 0.6 is 0 Å². The number of piperazine rings is 1. The summed E-state index contributed by atoms with van der Waals surface area (Å²) in [5, 5.41) is 6.16. The topological polar surface area (TPSA) is 90.5 Å². The molecule has 1 heterocycles. The summed E-state index contributed by atoms with van der Waals surface area (Å²) in [6.07, 6.45) is 0. The number of sulfonamides is 1.